The summed E-state index contributed by atoms with van der Waals surface area (Å²) in [5.74, 6) is -0.313. The van der Waals surface area contributed by atoms with Gasteiger partial charge in [-0.3, -0.25) is 4.79 Å². The van der Waals surface area contributed by atoms with Gasteiger partial charge in [0.1, 0.15) is 6.61 Å². The van der Waals surface area contributed by atoms with E-state index in [1.807, 2.05) is 0 Å². The predicted octanol–water partition coefficient (Wildman–Crippen LogP) is 1.20. The van der Waals surface area contributed by atoms with Crippen LogP contribution < -0.4 is 11.1 Å². The van der Waals surface area contributed by atoms with E-state index < -0.39 is 12.8 Å². The van der Waals surface area contributed by atoms with Crippen LogP contribution >= 0.6 is 0 Å². The van der Waals surface area contributed by atoms with E-state index in [9.17, 15) is 18.0 Å². The summed E-state index contributed by atoms with van der Waals surface area (Å²) in [6.45, 7) is -0.777. The molecule has 7 heteroatoms. The van der Waals surface area contributed by atoms with Crippen LogP contribution in [0, 0.1) is 5.92 Å². The minimum absolute atomic E-state index is 0.0370. The van der Waals surface area contributed by atoms with Gasteiger partial charge in [-0.05, 0) is 25.7 Å². The number of rotatable bonds is 6. The van der Waals surface area contributed by atoms with Crippen molar-refractivity contribution < 1.29 is 22.7 Å². The first-order valence-corrected chi connectivity index (χ1v) is 6.05. The van der Waals surface area contributed by atoms with Gasteiger partial charge in [0.25, 0.3) is 0 Å². The Balaban J connectivity index is 2.03. The molecule has 0 heterocycles. The Morgan fingerprint density at radius 1 is 1.28 bits per heavy atom. The minimum Gasteiger partial charge on any atom is -0.371 e. The largest absolute Gasteiger partial charge is 0.411 e. The van der Waals surface area contributed by atoms with Crippen LogP contribution in [0.1, 0.15) is 25.7 Å². The number of hydrogen-bond acceptors (Lipinski definition) is 3. The highest BCUT2D eigenvalue weighted by Gasteiger charge is 2.27. The lowest BCUT2D eigenvalue weighted by Crippen LogP contribution is -2.38. The van der Waals surface area contributed by atoms with Crippen molar-refractivity contribution >= 4 is 5.91 Å². The lowest BCUT2D eigenvalue weighted by atomic mass is 9.85. The average Bonchev–Trinajstić information content (AvgIpc) is 2.27. The van der Waals surface area contributed by atoms with E-state index >= 15 is 0 Å². The van der Waals surface area contributed by atoms with Gasteiger partial charge in [0, 0.05) is 18.5 Å². The monoisotopic (exact) mass is 268 g/mol. The van der Waals surface area contributed by atoms with Crippen molar-refractivity contribution in [1.82, 2.24) is 5.32 Å². The van der Waals surface area contributed by atoms with Gasteiger partial charge in [0.05, 0.1) is 6.61 Å². The molecule has 1 saturated carbocycles. The number of ether oxygens (including phenoxy) is 1. The van der Waals surface area contributed by atoms with Crippen LogP contribution in [0.3, 0.4) is 0 Å². The van der Waals surface area contributed by atoms with Gasteiger partial charge in [0.2, 0.25) is 5.91 Å². The molecule has 1 rings (SSSR count). The molecule has 0 saturated heterocycles. The van der Waals surface area contributed by atoms with Crippen LogP contribution in [0.2, 0.25) is 0 Å². The zero-order valence-electron chi connectivity index (χ0n) is 10.1. The first-order chi connectivity index (χ1) is 8.38. The van der Waals surface area contributed by atoms with E-state index in [0.717, 1.165) is 25.7 Å². The molecule has 1 fully saturated rings. The topological polar surface area (TPSA) is 64.4 Å². The number of primary amides is 1. The van der Waals surface area contributed by atoms with Crippen molar-refractivity contribution in [1.29, 1.82) is 0 Å². The van der Waals surface area contributed by atoms with Gasteiger partial charge in [-0.25, -0.2) is 0 Å². The molecule has 0 aromatic heterocycles. The summed E-state index contributed by atoms with van der Waals surface area (Å²) in [4.78, 5) is 10.9. The second kappa shape index (κ2) is 6.94. The SMILES string of the molecule is NC(=O)C1CCC(NCCOCC(F)(F)F)CC1. The third kappa shape index (κ3) is 6.20. The molecule has 0 aromatic rings. The van der Waals surface area contributed by atoms with Crippen molar-refractivity contribution in [2.45, 2.75) is 37.9 Å². The lowest BCUT2D eigenvalue weighted by molar-refractivity contribution is -0.173. The molecular formula is C11H19F3N2O2. The van der Waals surface area contributed by atoms with Crippen molar-refractivity contribution in [3.63, 3.8) is 0 Å². The maximum Gasteiger partial charge on any atom is 0.411 e. The highest BCUT2D eigenvalue weighted by Crippen LogP contribution is 2.23. The fourth-order valence-electron chi connectivity index (χ4n) is 2.11. The van der Waals surface area contributed by atoms with E-state index in [0.29, 0.717) is 6.54 Å². The summed E-state index contributed by atoms with van der Waals surface area (Å²) in [6, 6.07) is 0.245. The highest BCUT2D eigenvalue weighted by molar-refractivity contribution is 5.76. The summed E-state index contributed by atoms with van der Waals surface area (Å²) >= 11 is 0. The molecule has 3 N–H and O–H groups in total. The predicted molar refractivity (Wildman–Crippen MR) is 59.8 cm³/mol. The van der Waals surface area contributed by atoms with Crippen LogP contribution in [-0.4, -0.2) is 37.9 Å². The quantitative estimate of drug-likeness (QED) is 0.711. The Morgan fingerprint density at radius 2 is 1.89 bits per heavy atom. The van der Waals surface area contributed by atoms with E-state index in [1.165, 1.54) is 0 Å². The Labute approximate surface area is 104 Å². The number of carbonyl (C=O) groups excluding carboxylic acids is 1. The normalized spacial score (nSPS) is 25.1. The molecule has 1 amide bonds. The Morgan fingerprint density at radius 3 is 2.39 bits per heavy atom. The smallest absolute Gasteiger partial charge is 0.371 e. The molecule has 106 valence electrons. The number of hydrogen-bond donors (Lipinski definition) is 2. The third-order valence-corrected chi connectivity index (χ3v) is 3.07. The van der Waals surface area contributed by atoms with E-state index in [1.54, 1.807) is 0 Å². The summed E-state index contributed by atoms with van der Waals surface area (Å²) < 4.78 is 39.8. The van der Waals surface area contributed by atoms with Crippen molar-refractivity contribution in [2.24, 2.45) is 11.7 Å². The molecule has 4 nitrogen and oxygen atoms in total. The van der Waals surface area contributed by atoms with Crippen molar-refractivity contribution in [3.8, 4) is 0 Å². The molecule has 0 aromatic carbocycles. The maximum atomic E-state index is 11.8. The molecular weight excluding hydrogens is 249 g/mol. The number of carbonyl (C=O) groups is 1. The van der Waals surface area contributed by atoms with Gasteiger partial charge >= 0.3 is 6.18 Å². The number of nitrogens with two attached hydrogens (primary N) is 1. The number of halogens is 3. The summed E-state index contributed by atoms with van der Waals surface area (Å²) in [7, 11) is 0. The van der Waals surface area contributed by atoms with E-state index in [-0.39, 0.29) is 24.5 Å². The maximum absolute atomic E-state index is 11.8. The zero-order chi connectivity index (χ0) is 13.6. The first kappa shape index (κ1) is 15.2. The second-order valence-corrected chi connectivity index (χ2v) is 4.57. The standard InChI is InChI=1S/C11H19F3N2O2/c12-11(13,14)7-18-6-5-16-9-3-1-8(2-4-9)10(15)17/h8-9,16H,1-7H2,(H2,15,17). The van der Waals surface area contributed by atoms with Crippen LogP contribution in [-0.2, 0) is 9.53 Å². The van der Waals surface area contributed by atoms with Gasteiger partial charge in [-0.15, -0.1) is 0 Å². The molecule has 18 heavy (non-hydrogen) atoms. The molecule has 1 aliphatic rings. The summed E-state index contributed by atoms with van der Waals surface area (Å²) in [5.41, 5.74) is 5.21. The number of nitrogens with one attached hydrogen (secondary N) is 1. The molecule has 0 unspecified atom stereocenters. The van der Waals surface area contributed by atoms with E-state index in [2.05, 4.69) is 10.1 Å². The van der Waals surface area contributed by atoms with Crippen LogP contribution in [0.5, 0.6) is 0 Å². The molecule has 0 spiro atoms. The fourth-order valence-corrected chi connectivity index (χ4v) is 2.11. The zero-order valence-corrected chi connectivity index (χ0v) is 10.1. The van der Waals surface area contributed by atoms with Gasteiger partial charge in [0.15, 0.2) is 0 Å². The van der Waals surface area contributed by atoms with Gasteiger partial charge in [-0.1, -0.05) is 0 Å². The molecule has 0 bridgehead atoms. The Hall–Kier alpha value is -0.820. The van der Waals surface area contributed by atoms with E-state index in [4.69, 9.17) is 5.73 Å². The number of alkyl halides is 3. The molecule has 0 atom stereocenters. The van der Waals surface area contributed by atoms with Gasteiger partial charge < -0.3 is 15.8 Å². The fraction of sp³-hybridized carbons (Fsp3) is 0.909. The molecule has 0 radical (unpaired) electrons. The average molecular weight is 268 g/mol. The second-order valence-electron chi connectivity index (χ2n) is 4.57. The Kier molecular flexibility index (Phi) is 5.87. The first-order valence-electron chi connectivity index (χ1n) is 6.05. The highest BCUT2D eigenvalue weighted by atomic mass is 19.4. The molecule has 0 aliphatic heterocycles. The van der Waals surface area contributed by atoms with Crippen LogP contribution in [0.4, 0.5) is 13.2 Å². The lowest BCUT2D eigenvalue weighted by Gasteiger charge is -2.27. The Bertz CT molecular complexity index is 264. The summed E-state index contributed by atoms with van der Waals surface area (Å²) in [6.07, 6.45) is -1.12. The number of amides is 1. The van der Waals surface area contributed by atoms with Gasteiger partial charge in [-0.2, -0.15) is 13.2 Å². The van der Waals surface area contributed by atoms with Crippen LogP contribution in [0.25, 0.3) is 0 Å². The van der Waals surface area contributed by atoms with Crippen molar-refractivity contribution in [2.75, 3.05) is 19.8 Å². The van der Waals surface area contributed by atoms with Crippen LogP contribution in [0.15, 0.2) is 0 Å². The van der Waals surface area contributed by atoms with Crippen molar-refractivity contribution in [3.05, 3.63) is 0 Å². The third-order valence-electron chi connectivity index (χ3n) is 3.07. The molecule has 1 aliphatic carbocycles. The summed E-state index contributed by atoms with van der Waals surface area (Å²) in [5, 5.41) is 3.12. The minimum atomic E-state index is -4.26.